The Bertz CT molecular complexity index is 222. The Hall–Kier alpha value is 1.15. The lowest BCUT2D eigenvalue weighted by molar-refractivity contribution is -0.133. The van der Waals surface area contributed by atoms with Crippen molar-refractivity contribution in [1.82, 2.24) is 0 Å². The van der Waals surface area contributed by atoms with Gasteiger partial charge in [0.1, 0.15) is 53.5 Å². The maximum Gasteiger partial charge on any atom is 0.130 e. The molecule has 0 aromatic heterocycles. The summed E-state index contributed by atoms with van der Waals surface area (Å²) in [6.07, 6.45) is -7.36. The van der Waals surface area contributed by atoms with E-state index in [2.05, 4.69) is 34.2 Å². The van der Waals surface area contributed by atoms with Gasteiger partial charge < -0.3 is 31.9 Å². The predicted molar refractivity (Wildman–Crippen MR) is 77.4 cm³/mol. The molecular weight excluding hydrogens is 399 g/mol. The van der Waals surface area contributed by atoms with Gasteiger partial charge in [-0.2, -0.15) is 0 Å². The minimum atomic E-state index is -1.57. The van der Waals surface area contributed by atoms with E-state index < -0.39 is 43.2 Å². The molecule has 0 aromatic rings. The first-order valence-corrected chi connectivity index (χ1v) is 6.58. The van der Waals surface area contributed by atoms with Crippen LogP contribution in [0.3, 0.4) is 0 Å². The minimum Gasteiger partial charge on any atom is -0.394 e. The molecule has 0 bridgehead atoms. The molecule has 6 unspecified atom stereocenters. The summed E-state index contributed by atoms with van der Waals surface area (Å²) in [6, 6.07) is 0. The van der Waals surface area contributed by atoms with Crippen LogP contribution in [0.4, 0.5) is 0 Å². The Balaban J connectivity index is 4.71. The third-order valence-electron chi connectivity index (χ3n) is 2.46. The van der Waals surface area contributed by atoms with Crippen LogP contribution >= 0.6 is 48.8 Å². The highest BCUT2D eigenvalue weighted by molar-refractivity contribution is 14.1. The molecule has 0 fully saturated rings. The van der Waals surface area contributed by atoms with E-state index in [0.717, 1.165) is 0 Å². The number of rotatable bonds is 9. The number of thiol groups is 2. The molecule has 0 saturated heterocycles. The van der Waals surface area contributed by atoms with Gasteiger partial charge in [0.25, 0.3) is 0 Å². The van der Waals surface area contributed by atoms with Crippen molar-refractivity contribution in [1.29, 1.82) is 0 Å². The van der Waals surface area contributed by atoms with Gasteiger partial charge in [-0.05, 0) is 32.7 Å². The number of hydrogen-bond acceptors (Lipinski definition) is 9. The largest absolute Gasteiger partial charge is 0.394 e. The van der Waals surface area contributed by atoms with E-state index in [1.54, 1.807) is 23.0 Å². The van der Waals surface area contributed by atoms with Crippen molar-refractivity contribution in [3.63, 3.8) is 0 Å². The van der Waals surface area contributed by atoms with Crippen LogP contribution in [0.2, 0.25) is 0 Å². The van der Waals surface area contributed by atoms with Gasteiger partial charge in [0, 0.05) is 0 Å². The number of aliphatic hydroxyl groups is 4. The van der Waals surface area contributed by atoms with Gasteiger partial charge in [0.05, 0.1) is 12.7 Å². The molecule has 0 amide bonds. The van der Waals surface area contributed by atoms with Gasteiger partial charge >= 0.3 is 0 Å². The fourth-order valence-corrected chi connectivity index (χ4v) is 2.02. The molecule has 0 aliphatic carbocycles. The molecule has 18 heavy (non-hydrogen) atoms. The molecule has 0 aliphatic heterocycles. The lowest BCUT2D eigenvalue weighted by Crippen LogP contribution is -2.52. The smallest absolute Gasteiger partial charge is 0.130 e. The molecule has 7 nitrogen and oxygen atoms in total. The van der Waals surface area contributed by atoms with Gasteiger partial charge in [-0.1, -0.05) is 0 Å². The fourth-order valence-electron chi connectivity index (χ4n) is 1.27. The molecule has 0 saturated carbocycles. The average Bonchev–Trinajstić information content (AvgIpc) is 2.41. The zero-order valence-corrected chi connectivity index (χ0v) is 13.4. The van der Waals surface area contributed by atoms with E-state index in [0.29, 0.717) is 0 Å². The van der Waals surface area contributed by atoms with Crippen LogP contribution in [0.25, 0.3) is 0 Å². The molecule has 4 N–H and O–H groups in total. The zero-order valence-electron chi connectivity index (χ0n) is 9.46. The molecule has 110 valence electrons. The summed E-state index contributed by atoms with van der Waals surface area (Å²) < 4.78 is 14.0. The molecule has 0 spiro atoms. The second kappa shape index (κ2) is 9.96. The van der Waals surface area contributed by atoms with Crippen molar-refractivity contribution < 1.29 is 31.9 Å². The minimum absolute atomic E-state index is 0.507. The maximum atomic E-state index is 9.86. The highest BCUT2D eigenvalue weighted by Gasteiger charge is 2.39. The van der Waals surface area contributed by atoms with E-state index in [1.165, 1.54) is 6.92 Å². The first-order valence-electron chi connectivity index (χ1n) is 4.97. The van der Waals surface area contributed by atoms with Crippen LogP contribution in [0.5, 0.6) is 0 Å². The van der Waals surface area contributed by atoms with Crippen LogP contribution in [0.15, 0.2) is 0 Å². The first-order chi connectivity index (χ1) is 8.44. The number of hydrogen-bond donors (Lipinski definition) is 6. The highest BCUT2D eigenvalue weighted by Crippen LogP contribution is 2.19. The summed E-state index contributed by atoms with van der Waals surface area (Å²) in [5, 5.41) is 38.3. The standard InChI is InChI=1S/C8H17IO7S2/c1-3(14-9)5(11)6(12)7(13)8(16-18)4(2-10)15-17/h3-8,10-13,17-18H,2H2,1H3. The van der Waals surface area contributed by atoms with Crippen LogP contribution in [0, 0.1) is 0 Å². The van der Waals surface area contributed by atoms with Gasteiger partial charge in [-0.15, -0.1) is 0 Å². The Morgan fingerprint density at radius 3 is 1.94 bits per heavy atom. The van der Waals surface area contributed by atoms with Crippen LogP contribution in [-0.4, -0.2) is 63.7 Å². The van der Waals surface area contributed by atoms with E-state index in [1.807, 2.05) is 0 Å². The molecule has 6 atom stereocenters. The SMILES string of the molecule is CC(OI)C(O)C(O)C(O)C(OS)C(CO)OS. The summed E-state index contributed by atoms with van der Waals surface area (Å²) in [5.41, 5.74) is 0. The fraction of sp³-hybridized carbons (Fsp3) is 1.00. The van der Waals surface area contributed by atoms with Gasteiger partial charge in [-0.3, -0.25) is 0 Å². The van der Waals surface area contributed by atoms with Crippen molar-refractivity contribution in [3.8, 4) is 0 Å². The summed E-state index contributed by atoms with van der Waals surface area (Å²) in [7, 11) is 0. The molecule has 0 radical (unpaired) electrons. The summed E-state index contributed by atoms with van der Waals surface area (Å²) in [4.78, 5) is 0. The maximum absolute atomic E-state index is 9.86. The second-order valence-electron chi connectivity index (χ2n) is 3.66. The van der Waals surface area contributed by atoms with E-state index in [-0.39, 0.29) is 0 Å². The Morgan fingerprint density at radius 2 is 1.61 bits per heavy atom. The molecular formula is C8H17IO7S2. The molecule has 0 rings (SSSR count). The lowest BCUT2D eigenvalue weighted by atomic mass is 9.97. The third kappa shape index (κ3) is 5.26. The van der Waals surface area contributed by atoms with Gasteiger partial charge in [0.2, 0.25) is 0 Å². The number of aliphatic hydroxyl groups excluding tert-OH is 4. The zero-order chi connectivity index (χ0) is 14.3. The van der Waals surface area contributed by atoms with Gasteiger partial charge in [0.15, 0.2) is 0 Å². The quantitative estimate of drug-likeness (QED) is 0.167. The summed E-state index contributed by atoms with van der Waals surface area (Å²) >= 11 is 8.60. The van der Waals surface area contributed by atoms with E-state index in [9.17, 15) is 15.3 Å². The molecule has 10 heteroatoms. The van der Waals surface area contributed by atoms with Crippen molar-refractivity contribution in [3.05, 3.63) is 0 Å². The van der Waals surface area contributed by atoms with Crippen LogP contribution in [0.1, 0.15) is 6.92 Å². The Labute approximate surface area is 130 Å². The highest BCUT2D eigenvalue weighted by atomic mass is 127. The van der Waals surface area contributed by atoms with E-state index >= 15 is 0 Å². The first kappa shape index (κ1) is 19.1. The Morgan fingerprint density at radius 1 is 1.06 bits per heavy atom. The molecule has 0 aliphatic rings. The van der Waals surface area contributed by atoms with Crippen molar-refractivity contribution >= 4 is 48.8 Å². The summed E-state index contributed by atoms with van der Waals surface area (Å²) in [5.74, 6) is 0. The lowest BCUT2D eigenvalue weighted by Gasteiger charge is -2.32. The van der Waals surface area contributed by atoms with Crippen molar-refractivity contribution in [2.45, 2.75) is 43.5 Å². The van der Waals surface area contributed by atoms with Gasteiger partial charge in [-0.25, -0.2) is 0 Å². The summed E-state index contributed by atoms with van der Waals surface area (Å²) in [6.45, 7) is 1.01. The predicted octanol–water partition coefficient (Wildman–Crippen LogP) is -0.724. The average molecular weight is 416 g/mol. The topological polar surface area (TPSA) is 109 Å². The van der Waals surface area contributed by atoms with Crippen molar-refractivity contribution in [2.75, 3.05) is 6.61 Å². The van der Waals surface area contributed by atoms with E-state index in [4.69, 9.17) is 8.17 Å². The molecule has 0 aromatic carbocycles. The normalized spacial score (nSPS) is 22.0. The van der Waals surface area contributed by atoms with Crippen LogP contribution in [-0.2, 0) is 11.4 Å². The van der Waals surface area contributed by atoms with Crippen molar-refractivity contribution in [2.24, 2.45) is 0 Å². The monoisotopic (exact) mass is 416 g/mol. The molecule has 0 heterocycles. The second-order valence-corrected chi connectivity index (χ2v) is 4.59. The Kier molecular flexibility index (Phi) is 10.6. The third-order valence-corrected chi connectivity index (χ3v) is 3.78. The number of halogens is 1. The van der Waals surface area contributed by atoms with Crippen LogP contribution < -0.4 is 0 Å².